The van der Waals surface area contributed by atoms with Gasteiger partial charge in [0.15, 0.2) is 46.5 Å². The molecule has 30 heavy (non-hydrogen) atoms. The monoisotopic (exact) mass is 435 g/mol. The first-order chi connectivity index (χ1) is 14.1. The van der Waals surface area contributed by atoms with Crippen LogP contribution in [0.15, 0.2) is 30.3 Å². The molecule has 0 aromatic heterocycles. The maximum Gasteiger partial charge on any atom is 0.204 e. The Morgan fingerprint density at radius 3 is 1.43 bits per heavy atom. The van der Waals surface area contributed by atoms with Gasteiger partial charge in [0.1, 0.15) is 5.56 Å². The number of ketones is 1. The molecule has 3 rings (SSSR count). The van der Waals surface area contributed by atoms with E-state index in [1.165, 1.54) is 30.3 Å². The van der Waals surface area contributed by atoms with Crippen molar-refractivity contribution in [2.24, 2.45) is 0 Å². The molecule has 0 atom stereocenters. The van der Waals surface area contributed by atoms with Crippen LogP contribution in [0.2, 0.25) is 0 Å². The summed E-state index contributed by atoms with van der Waals surface area (Å²) < 4.78 is 124. The lowest BCUT2D eigenvalue weighted by atomic mass is 9.98. The largest absolute Gasteiger partial charge is 0.352 e. The SMILES string of the molecule is O=C(c1c(F)c(F)c(F)c(F)c1F)c1c(F)c(F)c(F)c(F)c1Nc1ccccc1. The van der Waals surface area contributed by atoms with Gasteiger partial charge in [-0.05, 0) is 12.1 Å². The van der Waals surface area contributed by atoms with E-state index in [4.69, 9.17) is 0 Å². The molecule has 0 aliphatic rings. The van der Waals surface area contributed by atoms with Gasteiger partial charge < -0.3 is 5.32 Å². The van der Waals surface area contributed by atoms with Gasteiger partial charge in [-0.1, -0.05) is 18.2 Å². The average Bonchev–Trinajstić information content (AvgIpc) is 2.74. The van der Waals surface area contributed by atoms with Crippen molar-refractivity contribution in [2.75, 3.05) is 5.32 Å². The average molecular weight is 435 g/mol. The Balaban J connectivity index is 2.33. The van der Waals surface area contributed by atoms with Crippen LogP contribution in [0.25, 0.3) is 0 Å². The molecule has 0 aliphatic heterocycles. The fourth-order valence-electron chi connectivity index (χ4n) is 2.56. The standard InChI is InChI=1S/C19H6F9NO/c20-9-7(10(21)13(24)15(26)12(9)23)19(30)8-11(22)14(25)16(27)17(28)18(8)29-6-4-2-1-3-5-6/h1-5,29H. The Bertz CT molecular complexity index is 1150. The van der Waals surface area contributed by atoms with Gasteiger partial charge in [0.2, 0.25) is 11.6 Å². The van der Waals surface area contributed by atoms with Gasteiger partial charge in [-0.25, -0.2) is 39.5 Å². The molecule has 1 N–H and O–H groups in total. The Morgan fingerprint density at radius 2 is 0.933 bits per heavy atom. The Kier molecular flexibility index (Phi) is 5.47. The maximum atomic E-state index is 14.3. The number of carbonyl (C=O) groups excluding carboxylic acids is 1. The van der Waals surface area contributed by atoms with Crippen molar-refractivity contribution in [1.82, 2.24) is 0 Å². The zero-order valence-corrected chi connectivity index (χ0v) is 14.2. The van der Waals surface area contributed by atoms with E-state index in [0.717, 1.165) is 0 Å². The molecule has 3 aromatic carbocycles. The number of nitrogens with one attached hydrogen (secondary N) is 1. The highest BCUT2D eigenvalue weighted by Gasteiger charge is 2.36. The molecule has 0 saturated carbocycles. The summed E-state index contributed by atoms with van der Waals surface area (Å²) in [5.41, 5.74) is -5.50. The second-order valence-corrected chi connectivity index (χ2v) is 5.77. The highest BCUT2D eigenvalue weighted by Crippen LogP contribution is 2.34. The molecule has 11 heteroatoms. The zero-order chi connectivity index (χ0) is 22.3. The van der Waals surface area contributed by atoms with Crippen LogP contribution < -0.4 is 5.32 Å². The maximum absolute atomic E-state index is 14.3. The molecule has 0 aliphatic carbocycles. The lowest BCUT2D eigenvalue weighted by Gasteiger charge is -2.16. The Hall–Kier alpha value is -3.50. The van der Waals surface area contributed by atoms with Gasteiger partial charge in [-0.2, -0.15) is 0 Å². The summed E-state index contributed by atoms with van der Waals surface area (Å²) in [5, 5.41) is 2.03. The van der Waals surface area contributed by atoms with Gasteiger partial charge in [-0.15, -0.1) is 0 Å². The van der Waals surface area contributed by atoms with Crippen molar-refractivity contribution in [3.8, 4) is 0 Å². The van der Waals surface area contributed by atoms with Crippen molar-refractivity contribution < 1.29 is 44.3 Å². The minimum Gasteiger partial charge on any atom is -0.352 e. The third-order valence-corrected chi connectivity index (χ3v) is 3.97. The number of hydrogen-bond donors (Lipinski definition) is 1. The van der Waals surface area contributed by atoms with Crippen molar-refractivity contribution in [1.29, 1.82) is 0 Å². The minimum absolute atomic E-state index is 0.103. The first-order valence-electron chi connectivity index (χ1n) is 7.82. The van der Waals surface area contributed by atoms with Crippen LogP contribution in [0.3, 0.4) is 0 Å². The van der Waals surface area contributed by atoms with Crippen molar-refractivity contribution >= 4 is 17.2 Å². The van der Waals surface area contributed by atoms with Crippen LogP contribution in [0.1, 0.15) is 15.9 Å². The van der Waals surface area contributed by atoms with E-state index in [1.54, 1.807) is 0 Å². The zero-order valence-electron chi connectivity index (χ0n) is 14.2. The number of benzene rings is 3. The van der Waals surface area contributed by atoms with E-state index in [9.17, 15) is 44.3 Å². The molecule has 0 unspecified atom stereocenters. The second kappa shape index (κ2) is 7.73. The van der Waals surface area contributed by atoms with Crippen LogP contribution in [0, 0.1) is 52.4 Å². The molecular formula is C19H6F9NO. The van der Waals surface area contributed by atoms with E-state index >= 15 is 0 Å². The molecule has 0 fully saturated rings. The number of carbonyl (C=O) groups is 1. The molecule has 3 aromatic rings. The predicted molar refractivity (Wildman–Crippen MR) is 85.7 cm³/mol. The predicted octanol–water partition coefficient (Wildman–Crippen LogP) is 5.91. The van der Waals surface area contributed by atoms with Crippen LogP contribution in [-0.2, 0) is 0 Å². The molecule has 0 bridgehead atoms. The van der Waals surface area contributed by atoms with Gasteiger partial charge in [-0.3, -0.25) is 4.79 Å². The summed E-state index contributed by atoms with van der Waals surface area (Å²) in [7, 11) is 0. The third kappa shape index (κ3) is 3.25. The number of rotatable bonds is 4. The van der Waals surface area contributed by atoms with Gasteiger partial charge in [0, 0.05) is 5.69 Å². The number of hydrogen-bond acceptors (Lipinski definition) is 2. The molecule has 0 radical (unpaired) electrons. The highest BCUT2D eigenvalue weighted by atomic mass is 19.2. The number of para-hydroxylation sites is 1. The molecule has 0 heterocycles. The van der Waals surface area contributed by atoms with Crippen molar-refractivity contribution in [3.63, 3.8) is 0 Å². The van der Waals surface area contributed by atoms with E-state index < -0.39 is 75.0 Å². The molecule has 0 saturated heterocycles. The molecular weight excluding hydrogens is 429 g/mol. The van der Waals surface area contributed by atoms with Crippen LogP contribution >= 0.6 is 0 Å². The fourth-order valence-corrected chi connectivity index (χ4v) is 2.56. The smallest absolute Gasteiger partial charge is 0.204 e. The Morgan fingerprint density at radius 1 is 0.533 bits per heavy atom. The van der Waals surface area contributed by atoms with Crippen molar-refractivity contribution in [3.05, 3.63) is 93.8 Å². The fraction of sp³-hybridized carbons (Fsp3) is 0. The molecule has 156 valence electrons. The second-order valence-electron chi connectivity index (χ2n) is 5.77. The highest BCUT2D eigenvalue weighted by molar-refractivity contribution is 6.13. The number of halogens is 9. The third-order valence-electron chi connectivity index (χ3n) is 3.97. The Labute approximate surface area is 161 Å². The normalized spacial score (nSPS) is 11.0. The van der Waals surface area contributed by atoms with E-state index in [1.807, 2.05) is 5.32 Å². The summed E-state index contributed by atoms with van der Waals surface area (Å²) in [6.45, 7) is 0. The molecule has 0 amide bonds. The van der Waals surface area contributed by atoms with E-state index in [-0.39, 0.29) is 5.69 Å². The lowest BCUT2D eigenvalue weighted by Crippen LogP contribution is -2.18. The lowest BCUT2D eigenvalue weighted by molar-refractivity contribution is 0.102. The first kappa shape index (κ1) is 21.2. The summed E-state index contributed by atoms with van der Waals surface area (Å²) in [6.07, 6.45) is 0. The summed E-state index contributed by atoms with van der Waals surface area (Å²) in [5.74, 6) is -24.8. The van der Waals surface area contributed by atoms with Crippen LogP contribution in [-0.4, -0.2) is 5.78 Å². The summed E-state index contributed by atoms with van der Waals surface area (Å²) >= 11 is 0. The number of anilines is 2. The van der Waals surface area contributed by atoms with Gasteiger partial charge in [0.05, 0.1) is 11.3 Å². The quantitative estimate of drug-likeness (QED) is 0.239. The van der Waals surface area contributed by atoms with Crippen LogP contribution in [0.5, 0.6) is 0 Å². The summed E-state index contributed by atoms with van der Waals surface area (Å²) in [4.78, 5) is 12.5. The first-order valence-corrected chi connectivity index (χ1v) is 7.82. The topological polar surface area (TPSA) is 29.1 Å². The van der Waals surface area contributed by atoms with Gasteiger partial charge in [0.25, 0.3) is 0 Å². The molecule has 0 spiro atoms. The van der Waals surface area contributed by atoms with Crippen molar-refractivity contribution in [2.45, 2.75) is 0 Å². The van der Waals surface area contributed by atoms with Gasteiger partial charge >= 0.3 is 0 Å². The summed E-state index contributed by atoms with van der Waals surface area (Å²) in [6, 6.07) is 6.63. The van der Waals surface area contributed by atoms with E-state index in [2.05, 4.69) is 0 Å². The molecule has 2 nitrogen and oxygen atoms in total. The minimum atomic E-state index is -2.63. The van der Waals surface area contributed by atoms with Crippen LogP contribution in [0.4, 0.5) is 50.9 Å². The van der Waals surface area contributed by atoms with E-state index in [0.29, 0.717) is 0 Å².